The van der Waals surface area contributed by atoms with E-state index in [4.69, 9.17) is 37.7 Å². The number of benzene rings is 2. The third-order valence-corrected chi connectivity index (χ3v) is 7.80. The van der Waals surface area contributed by atoms with Crippen molar-refractivity contribution < 1.29 is 36.8 Å². The lowest BCUT2D eigenvalue weighted by Crippen LogP contribution is -2.30. The lowest BCUT2D eigenvalue weighted by atomic mass is 10.1. The van der Waals surface area contributed by atoms with Crippen molar-refractivity contribution in [2.75, 3.05) is 25.5 Å². The number of phosphoric ester groups is 1. The highest BCUT2D eigenvalue weighted by molar-refractivity contribution is 7.89. The van der Waals surface area contributed by atoms with Crippen LogP contribution in [-0.2, 0) is 21.0 Å². The van der Waals surface area contributed by atoms with Gasteiger partial charge in [0.15, 0.2) is 5.75 Å². The Morgan fingerprint density at radius 2 is 1.62 bits per heavy atom. The number of amides is 1. The summed E-state index contributed by atoms with van der Waals surface area (Å²) in [6.45, 7) is 5.81. The van der Waals surface area contributed by atoms with Gasteiger partial charge in [-0.3, -0.25) is 14.6 Å². The molecule has 0 aromatic heterocycles. The van der Waals surface area contributed by atoms with E-state index < -0.39 is 29.5 Å². The first kappa shape index (κ1) is 28.4. The first-order chi connectivity index (χ1) is 15.8. The number of nitrogens with one attached hydrogen (secondary N) is 1. The second-order valence-corrected chi connectivity index (χ2v) is 10.8. The van der Waals surface area contributed by atoms with E-state index in [-0.39, 0.29) is 45.0 Å². The Hall–Kier alpha value is -1.85. The highest BCUT2D eigenvalue weighted by atomic mass is 35.5. The summed E-state index contributed by atoms with van der Waals surface area (Å²) in [6.07, 6.45) is 0.430. The molecule has 188 valence electrons. The van der Waals surface area contributed by atoms with Crippen molar-refractivity contribution in [1.29, 1.82) is 0 Å². The fourth-order valence-corrected chi connectivity index (χ4v) is 5.85. The molecule has 0 unspecified atom stereocenters. The van der Waals surface area contributed by atoms with Gasteiger partial charge in [0.2, 0.25) is 10.0 Å². The molecule has 0 saturated carbocycles. The molecule has 0 heterocycles. The van der Waals surface area contributed by atoms with Gasteiger partial charge in [0.25, 0.3) is 5.91 Å². The van der Waals surface area contributed by atoms with Crippen LogP contribution >= 0.6 is 31.0 Å². The summed E-state index contributed by atoms with van der Waals surface area (Å²) in [6, 6.07) is 5.02. The number of halogens is 2. The number of rotatable bonds is 10. The maximum Gasteiger partial charge on any atom is 0.524 e. The first-order valence-corrected chi connectivity index (χ1v) is 13.8. The zero-order valence-electron chi connectivity index (χ0n) is 18.8. The van der Waals surface area contributed by atoms with Crippen LogP contribution in [0.25, 0.3) is 0 Å². The van der Waals surface area contributed by atoms with E-state index in [2.05, 4.69) is 9.84 Å². The van der Waals surface area contributed by atoms with Crippen LogP contribution in [0.15, 0.2) is 29.2 Å². The van der Waals surface area contributed by atoms with Crippen LogP contribution in [0, 0.1) is 0 Å². The topological polar surface area (TPSA) is 142 Å². The monoisotopic (exact) mass is 554 g/mol. The van der Waals surface area contributed by atoms with Crippen molar-refractivity contribution in [3.05, 3.63) is 45.4 Å². The third kappa shape index (κ3) is 6.42. The van der Waals surface area contributed by atoms with Gasteiger partial charge in [-0.1, -0.05) is 44.0 Å². The molecule has 1 amide bonds. The SMILES string of the molecule is CCc1cc(S(=O)(=O)N(CC)CC)cc(NC(=O)c2cc(Cl)c(OP(=O)(O)O)c(Cl)c2)c1OC. The molecule has 2 aromatic rings. The first-order valence-electron chi connectivity index (χ1n) is 10.1. The molecule has 0 atom stereocenters. The van der Waals surface area contributed by atoms with E-state index in [0.29, 0.717) is 12.0 Å². The van der Waals surface area contributed by atoms with Crippen LogP contribution in [-0.4, -0.2) is 48.6 Å². The molecule has 3 N–H and O–H groups in total. The van der Waals surface area contributed by atoms with Crippen molar-refractivity contribution in [3.8, 4) is 11.5 Å². The van der Waals surface area contributed by atoms with Gasteiger partial charge in [-0.25, -0.2) is 13.0 Å². The van der Waals surface area contributed by atoms with Crippen LogP contribution in [0.2, 0.25) is 10.0 Å². The minimum Gasteiger partial charge on any atom is -0.494 e. The summed E-state index contributed by atoms with van der Waals surface area (Å²) in [5.74, 6) is -0.913. The van der Waals surface area contributed by atoms with Gasteiger partial charge < -0.3 is 14.6 Å². The predicted octanol–water partition coefficient (Wildman–Crippen LogP) is 4.32. The molecular weight excluding hydrogens is 530 g/mol. The van der Waals surface area contributed by atoms with E-state index in [1.54, 1.807) is 13.8 Å². The fourth-order valence-electron chi connectivity index (χ4n) is 3.21. The Balaban J connectivity index is 2.54. The highest BCUT2D eigenvalue weighted by Gasteiger charge is 2.26. The van der Waals surface area contributed by atoms with Crippen molar-refractivity contribution in [2.24, 2.45) is 0 Å². The van der Waals surface area contributed by atoms with Gasteiger partial charge in [0.05, 0.1) is 27.7 Å². The standard InChI is InChI=1S/C20H25Cl2N2O8PS/c1-5-12-8-14(34(29,30)24(6-2)7-3)11-17(18(12)31-4)23-20(25)13-9-15(21)19(16(22)10-13)32-33(26,27)28/h8-11H,5-7H2,1-4H3,(H,23,25)(H2,26,27,28). The molecule has 14 heteroatoms. The summed E-state index contributed by atoms with van der Waals surface area (Å²) in [7, 11) is -7.37. The molecule has 2 rings (SSSR count). The predicted molar refractivity (Wildman–Crippen MR) is 130 cm³/mol. The molecule has 0 fully saturated rings. The molecule has 34 heavy (non-hydrogen) atoms. The average Bonchev–Trinajstić information content (AvgIpc) is 2.75. The highest BCUT2D eigenvalue weighted by Crippen LogP contribution is 2.45. The lowest BCUT2D eigenvalue weighted by Gasteiger charge is -2.21. The quantitative estimate of drug-likeness (QED) is 0.368. The minimum absolute atomic E-state index is 0.00870. The number of hydrogen-bond acceptors (Lipinski definition) is 6. The van der Waals surface area contributed by atoms with Crippen LogP contribution in [0.4, 0.5) is 5.69 Å². The number of carbonyl (C=O) groups excluding carboxylic acids is 1. The minimum atomic E-state index is -4.94. The second kappa shape index (κ2) is 11.3. The van der Waals surface area contributed by atoms with Gasteiger partial charge in [0.1, 0.15) is 5.75 Å². The molecule has 10 nitrogen and oxygen atoms in total. The summed E-state index contributed by atoms with van der Waals surface area (Å²) in [5, 5.41) is 1.99. The maximum atomic E-state index is 13.1. The van der Waals surface area contributed by atoms with Gasteiger partial charge in [0, 0.05) is 18.7 Å². The van der Waals surface area contributed by atoms with Crippen molar-refractivity contribution in [2.45, 2.75) is 32.1 Å². The number of aryl methyl sites for hydroxylation is 1. The Bertz CT molecular complexity index is 1210. The third-order valence-electron chi connectivity index (χ3n) is 4.79. The molecule has 0 radical (unpaired) electrons. The van der Waals surface area contributed by atoms with E-state index in [9.17, 15) is 17.8 Å². The van der Waals surface area contributed by atoms with Gasteiger partial charge >= 0.3 is 7.82 Å². The molecule has 2 aromatic carbocycles. The van der Waals surface area contributed by atoms with Crippen molar-refractivity contribution in [1.82, 2.24) is 4.31 Å². The largest absolute Gasteiger partial charge is 0.524 e. The molecule has 0 saturated heterocycles. The van der Waals surface area contributed by atoms with Crippen LogP contribution < -0.4 is 14.6 Å². The Kier molecular flexibility index (Phi) is 9.40. The lowest BCUT2D eigenvalue weighted by molar-refractivity contribution is 0.102. The van der Waals surface area contributed by atoms with Crippen molar-refractivity contribution >= 4 is 52.6 Å². The number of phosphoric acid groups is 1. The zero-order valence-corrected chi connectivity index (χ0v) is 22.1. The Morgan fingerprint density at radius 3 is 2.06 bits per heavy atom. The summed E-state index contributed by atoms with van der Waals surface area (Å²) in [5.41, 5.74) is 0.609. The molecule has 0 aliphatic heterocycles. The number of sulfonamides is 1. The number of ether oxygens (including phenoxy) is 1. The number of anilines is 1. The van der Waals surface area contributed by atoms with Crippen LogP contribution in [0.5, 0.6) is 11.5 Å². The Labute approximate surface area is 208 Å². The molecule has 0 aliphatic carbocycles. The van der Waals surface area contributed by atoms with Crippen LogP contribution in [0.1, 0.15) is 36.7 Å². The number of carbonyl (C=O) groups is 1. The molecule has 0 bridgehead atoms. The van der Waals surface area contributed by atoms with E-state index in [1.165, 1.54) is 23.5 Å². The summed E-state index contributed by atoms with van der Waals surface area (Å²) >= 11 is 12.0. The van der Waals surface area contributed by atoms with Gasteiger partial charge in [-0.2, -0.15) is 4.31 Å². The molecular formula is C20H25Cl2N2O8PS. The average molecular weight is 555 g/mol. The normalized spacial score (nSPS) is 12.0. The maximum absolute atomic E-state index is 13.1. The zero-order chi connectivity index (χ0) is 25.8. The van der Waals surface area contributed by atoms with Crippen molar-refractivity contribution in [3.63, 3.8) is 0 Å². The van der Waals surface area contributed by atoms with E-state index >= 15 is 0 Å². The van der Waals surface area contributed by atoms with Gasteiger partial charge in [-0.05, 0) is 36.2 Å². The number of hydrogen-bond donors (Lipinski definition) is 3. The molecule has 0 aliphatic rings. The smallest absolute Gasteiger partial charge is 0.494 e. The Morgan fingerprint density at radius 1 is 1.06 bits per heavy atom. The van der Waals surface area contributed by atoms with Crippen LogP contribution in [0.3, 0.4) is 0 Å². The van der Waals surface area contributed by atoms with E-state index in [0.717, 1.165) is 12.1 Å². The molecule has 0 spiro atoms. The van der Waals surface area contributed by atoms with E-state index in [1.807, 2.05) is 6.92 Å². The summed E-state index contributed by atoms with van der Waals surface area (Å²) < 4.78 is 48.4. The second-order valence-electron chi connectivity index (χ2n) is 6.91. The number of nitrogens with zero attached hydrogens (tertiary/aromatic N) is 1. The number of methoxy groups -OCH3 is 1. The van der Waals surface area contributed by atoms with Gasteiger partial charge in [-0.15, -0.1) is 0 Å². The summed E-state index contributed by atoms with van der Waals surface area (Å²) in [4.78, 5) is 30.9. The fraction of sp³-hybridized carbons (Fsp3) is 0.350.